The van der Waals surface area contributed by atoms with Crippen LogP contribution < -0.4 is 29.6 Å². The molecular formula is C4H2F7NaO2. The van der Waals surface area contributed by atoms with Gasteiger partial charge in [0.25, 0.3) is 0 Å². The van der Waals surface area contributed by atoms with Crippen LogP contribution in [-0.4, -0.2) is 24.2 Å². The Bertz CT molecular complexity index is 211. The van der Waals surface area contributed by atoms with Gasteiger partial charge >= 0.3 is 53.8 Å². The topological polar surface area (TPSA) is 26.3 Å². The van der Waals surface area contributed by atoms with E-state index < -0.39 is 24.2 Å². The number of rotatable bonds is 3. The quantitative estimate of drug-likeness (QED) is 0.469. The zero-order valence-electron chi connectivity index (χ0n) is 7.54. The van der Waals surface area contributed by atoms with E-state index in [0.29, 0.717) is 0 Å². The Hall–Kier alpha value is -0.0200. The maximum absolute atomic E-state index is 11.9. The van der Waals surface area contributed by atoms with Gasteiger partial charge in [-0.2, -0.15) is 17.6 Å². The van der Waals surface area contributed by atoms with Gasteiger partial charge < -0.3 is 1.43 Å². The molecule has 0 aromatic heterocycles. The molecule has 0 aliphatic carbocycles. The Morgan fingerprint density at radius 2 is 1.57 bits per heavy atom. The summed E-state index contributed by atoms with van der Waals surface area (Å²) in [5, 5.41) is 0. The molecule has 0 amide bonds. The van der Waals surface area contributed by atoms with Crippen molar-refractivity contribution in [3.63, 3.8) is 0 Å². The van der Waals surface area contributed by atoms with Gasteiger partial charge in [0, 0.05) is 4.53 Å². The average Bonchev–Trinajstić information content (AvgIpc) is 2.02. The summed E-state index contributed by atoms with van der Waals surface area (Å²) < 4.78 is 80.6. The van der Waals surface area contributed by atoms with Crippen molar-refractivity contribution in [2.45, 2.75) is 18.3 Å². The van der Waals surface area contributed by atoms with Crippen molar-refractivity contribution >= 4 is 5.97 Å². The first-order chi connectivity index (χ1) is 5.67. The molecule has 80 valence electrons. The SMILES string of the molecule is O=C(OF)C(F)(F)C(F)(F)C(F)F.[H-].[Na+]. The van der Waals surface area contributed by atoms with Gasteiger partial charge in [-0.05, 0) is 0 Å². The minimum atomic E-state index is -5.96. The molecule has 0 unspecified atom stereocenters. The Kier molecular flexibility index (Phi) is 6.06. The van der Waals surface area contributed by atoms with Crippen molar-refractivity contribution in [1.82, 2.24) is 0 Å². The molecule has 0 aliphatic heterocycles. The van der Waals surface area contributed by atoms with Crippen molar-refractivity contribution in [1.29, 1.82) is 0 Å². The van der Waals surface area contributed by atoms with E-state index >= 15 is 0 Å². The van der Waals surface area contributed by atoms with Crippen LogP contribution in [0.3, 0.4) is 0 Å². The molecule has 0 heterocycles. The Labute approximate surface area is 96.1 Å². The third-order valence-corrected chi connectivity index (χ3v) is 1.02. The smallest absolute Gasteiger partial charge is 1.00 e. The van der Waals surface area contributed by atoms with Crippen molar-refractivity contribution in [2.24, 2.45) is 0 Å². The first-order valence-corrected chi connectivity index (χ1v) is 2.54. The fourth-order valence-corrected chi connectivity index (χ4v) is 0.322. The van der Waals surface area contributed by atoms with Gasteiger partial charge in [-0.3, -0.25) is 0 Å². The molecule has 0 bridgehead atoms. The third kappa shape index (κ3) is 2.74. The van der Waals surface area contributed by atoms with Crippen LogP contribution >= 0.6 is 0 Å². The van der Waals surface area contributed by atoms with Gasteiger partial charge in [0.2, 0.25) is 0 Å². The summed E-state index contributed by atoms with van der Waals surface area (Å²) in [6.07, 6.45) is -4.80. The molecule has 0 fully saturated rings. The summed E-state index contributed by atoms with van der Waals surface area (Å²) in [5.41, 5.74) is 0. The molecule has 0 aliphatic rings. The third-order valence-electron chi connectivity index (χ3n) is 1.02. The average molecular weight is 238 g/mol. The number of hydrogen-bond acceptors (Lipinski definition) is 2. The van der Waals surface area contributed by atoms with Crippen LogP contribution in [0.2, 0.25) is 0 Å². The minimum Gasteiger partial charge on any atom is -1.00 e. The Morgan fingerprint density at radius 3 is 1.79 bits per heavy atom. The summed E-state index contributed by atoms with van der Waals surface area (Å²) in [7, 11) is 0. The largest absolute Gasteiger partial charge is 1.00 e. The van der Waals surface area contributed by atoms with E-state index in [0.717, 1.165) is 0 Å². The molecule has 0 saturated heterocycles. The number of halogens is 7. The number of alkyl halides is 6. The molecule has 0 radical (unpaired) electrons. The van der Waals surface area contributed by atoms with Crippen molar-refractivity contribution < 1.29 is 71.6 Å². The normalized spacial score (nSPS) is 12.3. The summed E-state index contributed by atoms with van der Waals surface area (Å²) in [6, 6.07) is 0. The molecule has 0 atom stereocenters. The van der Waals surface area contributed by atoms with Gasteiger partial charge in [0.05, 0.1) is 0 Å². The molecule has 2 nitrogen and oxygen atoms in total. The van der Waals surface area contributed by atoms with E-state index in [9.17, 15) is 35.7 Å². The van der Waals surface area contributed by atoms with E-state index in [-0.39, 0.29) is 31.0 Å². The van der Waals surface area contributed by atoms with Crippen molar-refractivity contribution in [3.05, 3.63) is 0 Å². The van der Waals surface area contributed by atoms with Gasteiger partial charge in [-0.1, -0.05) is 0 Å². The zero-order chi connectivity index (χ0) is 10.9. The predicted octanol–water partition coefficient (Wildman–Crippen LogP) is -0.934. The van der Waals surface area contributed by atoms with Crippen molar-refractivity contribution in [3.8, 4) is 0 Å². The van der Waals surface area contributed by atoms with E-state index in [4.69, 9.17) is 0 Å². The summed E-state index contributed by atoms with van der Waals surface area (Å²) >= 11 is 0. The van der Waals surface area contributed by atoms with Crippen LogP contribution in [0, 0.1) is 0 Å². The number of hydrogen-bond donors (Lipinski definition) is 0. The fourth-order valence-electron chi connectivity index (χ4n) is 0.322. The predicted molar refractivity (Wildman–Crippen MR) is 24.2 cm³/mol. The molecule has 0 spiro atoms. The maximum Gasteiger partial charge on any atom is 1.00 e. The van der Waals surface area contributed by atoms with Crippen molar-refractivity contribution in [2.75, 3.05) is 0 Å². The van der Waals surface area contributed by atoms with Crippen LogP contribution in [-0.2, 0) is 9.74 Å². The summed E-state index contributed by atoms with van der Waals surface area (Å²) in [6.45, 7) is 0. The number of carbonyl (C=O) groups excluding carboxylic acids is 1. The second kappa shape index (κ2) is 5.17. The van der Waals surface area contributed by atoms with E-state index in [2.05, 4.69) is 0 Å². The molecule has 10 heteroatoms. The first kappa shape index (κ1) is 16.4. The number of carbonyl (C=O) groups is 1. The summed E-state index contributed by atoms with van der Waals surface area (Å²) in [4.78, 5) is 11.4. The van der Waals surface area contributed by atoms with E-state index in [1.165, 1.54) is 0 Å². The monoisotopic (exact) mass is 238 g/mol. The van der Waals surface area contributed by atoms with Gasteiger partial charge in [0.15, 0.2) is 0 Å². The van der Waals surface area contributed by atoms with Gasteiger partial charge in [0.1, 0.15) is 0 Å². The van der Waals surface area contributed by atoms with Crippen LogP contribution in [0.15, 0.2) is 0 Å². The van der Waals surface area contributed by atoms with Gasteiger partial charge in [-0.25, -0.2) is 18.5 Å². The van der Waals surface area contributed by atoms with E-state index in [1.54, 1.807) is 4.94 Å². The zero-order valence-corrected chi connectivity index (χ0v) is 8.54. The molecule has 0 aromatic carbocycles. The second-order valence-corrected chi connectivity index (χ2v) is 1.86. The standard InChI is InChI=1S/C4HF7O2.Na.H/c5-1(6)3(7,8)4(9,10)2(12)13-11;;/h1H;;/q;+1;-1. The molecule has 0 rings (SSSR count). The van der Waals surface area contributed by atoms with Crippen LogP contribution in [0.1, 0.15) is 1.43 Å². The Morgan fingerprint density at radius 1 is 1.21 bits per heavy atom. The van der Waals surface area contributed by atoms with Crippen LogP contribution in [0.25, 0.3) is 0 Å². The Balaban J connectivity index is -0.000000720. The summed E-state index contributed by atoms with van der Waals surface area (Å²) in [5.74, 6) is -15.2. The molecular weight excluding hydrogens is 236 g/mol. The van der Waals surface area contributed by atoms with Gasteiger partial charge in [-0.15, -0.1) is 0 Å². The first-order valence-electron chi connectivity index (χ1n) is 2.54. The van der Waals surface area contributed by atoms with E-state index in [1.807, 2.05) is 0 Å². The molecule has 0 N–H and O–H groups in total. The minimum absolute atomic E-state index is 0. The molecule has 14 heavy (non-hydrogen) atoms. The molecule has 0 aromatic rings. The molecule has 0 saturated carbocycles. The fraction of sp³-hybridized carbons (Fsp3) is 0.750. The van der Waals surface area contributed by atoms with Crippen LogP contribution in [0.4, 0.5) is 30.9 Å². The second-order valence-electron chi connectivity index (χ2n) is 1.86. The van der Waals surface area contributed by atoms with Crippen LogP contribution in [0.5, 0.6) is 0 Å². The maximum atomic E-state index is 11.9.